The lowest BCUT2D eigenvalue weighted by Crippen LogP contribution is -2.18. The van der Waals surface area contributed by atoms with Crippen molar-refractivity contribution >= 4 is 29.4 Å². The molecule has 194 valence electrons. The molecule has 4 rings (SSSR count). The molecule has 9 nitrogen and oxygen atoms in total. The van der Waals surface area contributed by atoms with Gasteiger partial charge in [-0.15, -0.1) is 0 Å². The zero-order valence-electron chi connectivity index (χ0n) is 21.0. The van der Waals surface area contributed by atoms with Crippen LogP contribution < -0.4 is 14.9 Å². The number of aryl methyl sites for hydroxylation is 2. The van der Waals surface area contributed by atoms with E-state index >= 15 is 0 Å². The minimum atomic E-state index is -0.451. The van der Waals surface area contributed by atoms with Gasteiger partial charge in [0.1, 0.15) is 6.61 Å². The maximum atomic E-state index is 12.6. The molecule has 3 aromatic carbocycles. The number of nitro groups is 1. The molecule has 4 aromatic rings. The molecule has 0 radical (unpaired) electrons. The summed E-state index contributed by atoms with van der Waals surface area (Å²) in [5.74, 6) is 0.525. The lowest BCUT2D eigenvalue weighted by atomic mass is 10.2. The molecule has 0 saturated heterocycles. The number of hydrogen-bond donors (Lipinski definition) is 1. The standard InChI is InChI=1S/C28H25ClN4O5/c1-18-4-5-19(2)32(18)23-11-12-24(25(29)15-23)28(34)31-30-16-21-8-13-26(27(14-21)37-3)38-17-20-6-9-22(10-7-20)33(35)36/h4-16H,17H2,1-3H3,(H,31,34)/b30-16-. The minimum Gasteiger partial charge on any atom is -0.493 e. The Balaban J connectivity index is 1.39. The van der Waals surface area contributed by atoms with Gasteiger partial charge < -0.3 is 14.0 Å². The first kappa shape index (κ1) is 26.4. The number of rotatable bonds is 9. The highest BCUT2D eigenvalue weighted by Gasteiger charge is 2.13. The SMILES string of the molecule is COc1cc(/C=N\NC(=O)c2ccc(-n3c(C)ccc3C)cc2Cl)ccc1OCc1ccc([N+](=O)[O-])cc1. The van der Waals surface area contributed by atoms with Gasteiger partial charge in [-0.3, -0.25) is 14.9 Å². The third kappa shape index (κ3) is 6.01. The van der Waals surface area contributed by atoms with Crippen LogP contribution in [0.4, 0.5) is 5.69 Å². The molecule has 10 heteroatoms. The highest BCUT2D eigenvalue weighted by Crippen LogP contribution is 2.29. The second-order valence-corrected chi connectivity index (χ2v) is 8.84. The zero-order chi connectivity index (χ0) is 27.2. The summed E-state index contributed by atoms with van der Waals surface area (Å²) >= 11 is 6.41. The fraction of sp³-hybridized carbons (Fsp3) is 0.143. The maximum absolute atomic E-state index is 12.6. The van der Waals surface area contributed by atoms with Crippen LogP contribution in [0.2, 0.25) is 5.02 Å². The van der Waals surface area contributed by atoms with E-state index in [9.17, 15) is 14.9 Å². The largest absolute Gasteiger partial charge is 0.493 e. The summed E-state index contributed by atoms with van der Waals surface area (Å²) < 4.78 is 13.3. The van der Waals surface area contributed by atoms with Crippen LogP contribution in [0.15, 0.2) is 77.9 Å². The Morgan fingerprint density at radius 3 is 2.37 bits per heavy atom. The van der Waals surface area contributed by atoms with Crippen molar-refractivity contribution in [3.63, 3.8) is 0 Å². The molecule has 0 aliphatic heterocycles. The number of hydrazone groups is 1. The number of nitro benzene ring substituents is 1. The number of nitrogens with one attached hydrogen (secondary N) is 1. The fourth-order valence-electron chi connectivity index (χ4n) is 3.89. The molecule has 0 unspecified atom stereocenters. The van der Waals surface area contributed by atoms with Gasteiger partial charge in [0.2, 0.25) is 0 Å². The second kappa shape index (κ2) is 11.6. The lowest BCUT2D eigenvalue weighted by Gasteiger charge is -2.12. The number of aromatic nitrogens is 1. The minimum absolute atomic E-state index is 0.0171. The Kier molecular flexibility index (Phi) is 8.08. The van der Waals surface area contributed by atoms with Crippen molar-refractivity contribution in [2.24, 2.45) is 5.10 Å². The molecule has 1 amide bonds. The highest BCUT2D eigenvalue weighted by molar-refractivity contribution is 6.34. The zero-order valence-corrected chi connectivity index (χ0v) is 21.7. The van der Waals surface area contributed by atoms with Crippen molar-refractivity contribution in [3.05, 3.63) is 116 Å². The molecule has 0 atom stereocenters. The summed E-state index contributed by atoms with van der Waals surface area (Å²) in [7, 11) is 1.51. The van der Waals surface area contributed by atoms with Crippen LogP contribution in [0, 0.1) is 24.0 Å². The van der Waals surface area contributed by atoms with Gasteiger partial charge >= 0.3 is 0 Å². The summed E-state index contributed by atoms with van der Waals surface area (Å²) in [6.45, 7) is 4.21. The van der Waals surface area contributed by atoms with Gasteiger partial charge in [0.15, 0.2) is 11.5 Å². The number of nitrogens with zero attached hydrogens (tertiary/aromatic N) is 3. The Morgan fingerprint density at radius 2 is 1.74 bits per heavy atom. The average Bonchev–Trinajstić information content (AvgIpc) is 3.25. The van der Waals surface area contributed by atoms with E-state index in [2.05, 4.69) is 15.1 Å². The van der Waals surface area contributed by atoms with Gasteiger partial charge in [-0.1, -0.05) is 11.6 Å². The van der Waals surface area contributed by atoms with Gasteiger partial charge in [0.05, 0.1) is 28.8 Å². The van der Waals surface area contributed by atoms with Crippen LogP contribution in [-0.4, -0.2) is 28.7 Å². The Bertz CT molecular complexity index is 1490. The van der Waals surface area contributed by atoms with E-state index in [-0.39, 0.29) is 12.3 Å². The number of halogens is 1. The van der Waals surface area contributed by atoms with Gasteiger partial charge in [0.25, 0.3) is 11.6 Å². The fourth-order valence-corrected chi connectivity index (χ4v) is 4.15. The Hall–Kier alpha value is -4.63. The van der Waals surface area contributed by atoms with Crippen LogP contribution in [-0.2, 0) is 6.61 Å². The smallest absolute Gasteiger partial charge is 0.272 e. The van der Waals surface area contributed by atoms with E-state index in [1.54, 1.807) is 42.5 Å². The normalized spacial score (nSPS) is 10.9. The predicted octanol–water partition coefficient (Wildman–Crippen LogP) is 6.01. The van der Waals surface area contributed by atoms with Gasteiger partial charge in [-0.05, 0) is 85.6 Å². The van der Waals surface area contributed by atoms with E-state index in [0.29, 0.717) is 27.6 Å². The van der Waals surface area contributed by atoms with Crippen LogP contribution in [0.25, 0.3) is 5.69 Å². The van der Waals surface area contributed by atoms with Crippen molar-refractivity contribution in [1.82, 2.24) is 9.99 Å². The predicted molar refractivity (Wildman–Crippen MR) is 146 cm³/mol. The molecule has 1 heterocycles. The summed E-state index contributed by atoms with van der Waals surface area (Å²) in [6, 6.07) is 20.6. The van der Waals surface area contributed by atoms with Crippen molar-refractivity contribution in [2.75, 3.05) is 7.11 Å². The number of carbonyl (C=O) groups excluding carboxylic acids is 1. The topological polar surface area (TPSA) is 108 Å². The summed E-state index contributed by atoms with van der Waals surface area (Å²) in [6.07, 6.45) is 1.48. The number of non-ortho nitro benzene ring substituents is 1. The van der Waals surface area contributed by atoms with E-state index in [1.807, 2.05) is 32.0 Å². The summed E-state index contributed by atoms with van der Waals surface area (Å²) in [5.41, 5.74) is 7.28. The van der Waals surface area contributed by atoms with Gasteiger partial charge in [-0.2, -0.15) is 5.10 Å². The average molecular weight is 533 g/mol. The third-order valence-corrected chi connectivity index (χ3v) is 6.15. The molecule has 38 heavy (non-hydrogen) atoms. The number of amides is 1. The number of ether oxygens (including phenoxy) is 2. The molecule has 0 spiro atoms. The molecule has 0 bridgehead atoms. The van der Waals surface area contributed by atoms with Gasteiger partial charge in [0, 0.05) is 29.2 Å². The molecule has 1 aromatic heterocycles. The van der Waals surface area contributed by atoms with Crippen molar-refractivity contribution in [3.8, 4) is 17.2 Å². The number of methoxy groups -OCH3 is 1. The van der Waals surface area contributed by atoms with Crippen LogP contribution in [0.5, 0.6) is 11.5 Å². The second-order valence-electron chi connectivity index (χ2n) is 8.44. The van der Waals surface area contributed by atoms with E-state index in [0.717, 1.165) is 22.6 Å². The first-order valence-electron chi connectivity index (χ1n) is 11.6. The molecule has 1 N–H and O–H groups in total. The summed E-state index contributed by atoms with van der Waals surface area (Å²) in [5, 5.41) is 15.2. The van der Waals surface area contributed by atoms with E-state index < -0.39 is 10.8 Å². The maximum Gasteiger partial charge on any atom is 0.272 e. The molecule has 0 fully saturated rings. The van der Waals surface area contributed by atoms with Crippen molar-refractivity contribution in [1.29, 1.82) is 0 Å². The third-order valence-electron chi connectivity index (χ3n) is 5.84. The first-order chi connectivity index (χ1) is 18.3. The molecular formula is C28H25ClN4O5. The highest BCUT2D eigenvalue weighted by atomic mass is 35.5. The number of carbonyl (C=O) groups is 1. The van der Waals surface area contributed by atoms with E-state index in [4.69, 9.17) is 21.1 Å². The molecule has 0 aliphatic carbocycles. The van der Waals surface area contributed by atoms with Crippen molar-refractivity contribution in [2.45, 2.75) is 20.5 Å². The number of benzene rings is 3. The van der Waals surface area contributed by atoms with Crippen LogP contribution >= 0.6 is 11.6 Å². The Morgan fingerprint density at radius 1 is 1.03 bits per heavy atom. The monoisotopic (exact) mass is 532 g/mol. The number of hydrogen-bond acceptors (Lipinski definition) is 6. The first-order valence-corrected chi connectivity index (χ1v) is 12.0. The quantitative estimate of drug-likeness (QED) is 0.161. The van der Waals surface area contributed by atoms with Crippen LogP contribution in [0.3, 0.4) is 0 Å². The van der Waals surface area contributed by atoms with Crippen LogP contribution in [0.1, 0.15) is 32.9 Å². The molecule has 0 saturated carbocycles. The summed E-state index contributed by atoms with van der Waals surface area (Å²) in [4.78, 5) is 23.0. The van der Waals surface area contributed by atoms with Gasteiger partial charge in [-0.25, -0.2) is 5.43 Å². The lowest BCUT2D eigenvalue weighted by molar-refractivity contribution is -0.384. The molecule has 0 aliphatic rings. The van der Waals surface area contributed by atoms with E-state index in [1.165, 1.54) is 25.5 Å². The molecular weight excluding hydrogens is 508 g/mol. The van der Waals surface area contributed by atoms with Crippen molar-refractivity contribution < 1.29 is 19.2 Å². The Labute approximate surface area is 224 Å².